The molecule has 0 radical (unpaired) electrons. The Kier molecular flexibility index (Phi) is 6.97. The molecule has 2 N–H and O–H groups in total. The number of amides is 1. The number of carbonyl (C=O) groups is 2. The number of halogens is 2. The van der Waals surface area contributed by atoms with E-state index in [9.17, 15) is 14.7 Å². The summed E-state index contributed by atoms with van der Waals surface area (Å²) in [5.41, 5.74) is 3.11. The number of hydrazone groups is 1. The van der Waals surface area contributed by atoms with Gasteiger partial charge in [0, 0.05) is 10.0 Å². The van der Waals surface area contributed by atoms with Crippen molar-refractivity contribution in [1.29, 1.82) is 0 Å². The molecular formula is C20H14Br2N2O5. The van der Waals surface area contributed by atoms with Crippen molar-refractivity contribution in [3.05, 3.63) is 86.7 Å². The monoisotopic (exact) mass is 520 g/mol. The van der Waals surface area contributed by atoms with E-state index in [-0.39, 0.29) is 11.5 Å². The van der Waals surface area contributed by atoms with Crippen LogP contribution in [0.2, 0.25) is 0 Å². The lowest BCUT2D eigenvalue weighted by Crippen LogP contribution is -2.25. The van der Waals surface area contributed by atoms with Crippen molar-refractivity contribution in [2.45, 2.75) is 6.10 Å². The molecule has 0 saturated heterocycles. The van der Waals surface area contributed by atoms with Crippen LogP contribution in [-0.4, -0.2) is 23.2 Å². The normalized spacial score (nSPS) is 12.0. The maximum Gasteiger partial charge on any atom is 0.379 e. The highest BCUT2D eigenvalue weighted by Crippen LogP contribution is 2.32. The van der Waals surface area contributed by atoms with Gasteiger partial charge in [-0.25, -0.2) is 10.2 Å². The number of rotatable bonds is 6. The molecule has 1 aromatic heterocycles. The zero-order valence-electron chi connectivity index (χ0n) is 14.7. The summed E-state index contributed by atoms with van der Waals surface area (Å²) in [6.07, 6.45) is 1.30. The van der Waals surface area contributed by atoms with E-state index in [1.807, 2.05) is 0 Å². The van der Waals surface area contributed by atoms with Gasteiger partial charge < -0.3 is 14.3 Å². The van der Waals surface area contributed by atoms with Crippen LogP contribution in [0.1, 0.15) is 27.8 Å². The van der Waals surface area contributed by atoms with Crippen molar-refractivity contribution in [2.24, 2.45) is 5.10 Å². The zero-order chi connectivity index (χ0) is 20.8. The van der Waals surface area contributed by atoms with Crippen LogP contribution in [-0.2, 0) is 4.79 Å². The predicted molar refractivity (Wildman–Crippen MR) is 113 cm³/mol. The number of aliphatic hydroxyl groups excluding tert-OH is 1. The number of aliphatic hydroxyl groups is 1. The molecule has 9 heteroatoms. The van der Waals surface area contributed by atoms with Gasteiger partial charge in [0.05, 0.1) is 17.0 Å². The molecule has 0 aliphatic heterocycles. The van der Waals surface area contributed by atoms with E-state index in [0.717, 1.165) is 0 Å². The van der Waals surface area contributed by atoms with Gasteiger partial charge in [0.1, 0.15) is 0 Å². The smallest absolute Gasteiger partial charge is 0.379 e. The Labute approximate surface area is 182 Å². The first-order chi connectivity index (χ1) is 14.0. The molecular weight excluding hydrogens is 508 g/mol. The highest BCUT2D eigenvalue weighted by Gasteiger charge is 2.18. The topological polar surface area (TPSA) is 101 Å². The molecule has 7 nitrogen and oxygen atoms in total. The third-order valence-corrected chi connectivity index (χ3v) is 4.74. The Morgan fingerprint density at radius 2 is 1.90 bits per heavy atom. The number of nitrogens with zero attached hydrogens (tertiary/aromatic N) is 1. The van der Waals surface area contributed by atoms with Gasteiger partial charge in [-0.2, -0.15) is 5.10 Å². The van der Waals surface area contributed by atoms with Crippen molar-refractivity contribution in [3.63, 3.8) is 0 Å². The number of hydrogen-bond acceptors (Lipinski definition) is 6. The first-order valence-corrected chi connectivity index (χ1v) is 9.85. The number of benzene rings is 2. The summed E-state index contributed by atoms with van der Waals surface area (Å²) in [6.45, 7) is 0. The molecule has 29 heavy (non-hydrogen) atoms. The Morgan fingerprint density at radius 3 is 2.59 bits per heavy atom. The molecule has 1 amide bonds. The highest BCUT2D eigenvalue weighted by atomic mass is 79.9. The quantitative estimate of drug-likeness (QED) is 0.219. The van der Waals surface area contributed by atoms with E-state index in [4.69, 9.17) is 9.15 Å². The minimum atomic E-state index is -1.36. The molecule has 0 aliphatic rings. The van der Waals surface area contributed by atoms with Gasteiger partial charge in [0.25, 0.3) is 5.91 Å². The van der Waals surface area contributed by atoms with E-state index in [2.05, 4.69) is 42.4 Å². The van der Waals surface area contributed by atoms with Crippen molar-refractivity contribution >= 4 is 50.0 Å². The van der Waals surface area contributed by atoms with Crippen LogP contribution >= 0.6 is 31.9 Å². The number of carbonyl (C=O) groups excluding carboxylic acids is 2. The minimum absolute atomic E-state index is 0.0435. The number of nitrogens with one attached hydrogen (secondary N) is 1. The van der Waals surface area contributed by atoms with Gasteiger partial charge in [-0.05, 0) is 45.8 Å². The SMILES string of the molecule is O=C(Oc1c(Br)cc(Br)cc1/C=N\NC(=O)[C@H](O)c1ccccc1)c1ccco1. The van der Waals surface area contributed by atoms with Crippen molar-refractivity contribution in [2.75, 3.05) is 0 Å². The fraction of sp³-hybridized carbons (Fsp3) is 0.0500. The summed E-state index contributed by atoms with van der Waals surface area (Å²) in [4.78, 5) is 24.3. The molecule has 2 aromatic carbocycles. The molecule has 0 aliphatic carbocycles. The molecule has 1 atom stereocenters. The maximum absolute atomic E-state index is 12.2. The van der Waals surface area contributed by atoms with Crippen LogP contribution in [0.25, 0.3) is 0 Å². The van der Waals surface area contributed by atoms with Gasteiger partial charge >= 0.3 is 5.97 Å². The van der Waals surface area contributed by atoms with Gasteiger partial charge in [0.2, 0.25) is 5.76 Å². The maximum atomic E-state index is 12.2. The number of hydrogen-bond donors (Lipinski definition) is 2. The number of ether oxygens (including phenoxy) is 1. The van der Waals surface area contributed by atoms with Gasteiger partial charge in [0.15, 0.2) is 11.9 Å². The average molecular weight is 522 g/mol. The summed E-state index contributed by atoms with van der Waals surface area (Å²) in [7, 11) is 0. The first kappa shape index (κ1) is 21.0. The summed E-state index contributed by atoms with van der Waals surface area (Å²) < 4.78 is 11.6. The van der Waals surface area contributed by atoms with Crippen LogP contribution in [0.3, 0.4) is 0 Å². The second-order valence-corrected chi connectivity index (χ2v) is 7.49. The lowest BCUT2D eigenvalue weighted by molar-refractivity contribution is -0.129. The molecule has 0 fully saturated rings. The van der Waals surface area contributed by atoms with Gasteiger partial charge in [-0.15, -0.1) is 0 Å². The Bertz CT molecular complexity index is 1040. The molecule has 0 saturated carbocycles. The minimum Gasteiger partial charge on any atom is -0.457 e. The van der Waals surface area contributed by atoms with Crippen LogP contribution in [0.15, 0.2) is 79.3 Å². The van der Waals surface area contributed by atoms with E-state index in [1.54, 1.807) is 48.5 Å². The summed E-state index contributed by atoms with van der Waals surface area (Å²) in [5.74, 6) is -1.15. The fourth-order valence-corrected chi connectivity index (χ4v) is 3.67. The second kappa shape index (κ2) is 9.64. The molecule has 0 spiro atoms. The Morgan fingerprint density at radius 1 is 1.14 bits per heavy atom. The average Bonchev–Trinajstić information content (AvgIpc) is 3.25. The van der Waals surface area contributed by atoms with E-state index in [1.165, 1.54) is 18.5 Å². The second-order valence-electron chi connectivity index (χ2n) is 5.72. The predicted octanol–water partition coefficient (Wildman–Crippen LogP) is 4.21. The van der Waals surface area contributed by atoms with Gasteiger partial charge in [-0.3, -0.25) is 4.79 Å². The molecule has 1 heterocycles. The number of furan rings is 1. The summed E-state index contributed by atoms with van der Waals surface area (Å²) >= 11 is 6.69. The Hall–Kier alpha value is -2.75. The largest absolute Gasteiger partial charge is 0.457 e. The zero-order valence-corrected chi connectivity index (χ0v) is 17.9. The molecule has 3 aromatic rings. The van der Waals surface area contributed by atoms with Crippen molar-refractivity contribution < 1.29 is 23.8 Å². The summed E-state index contributed by atoms with van der Waals surface area (Å²) in [5, 5.41) is 13.9. The standard InChI is InChI=1S/C20H14Br2N2O5/c21-14-9-13(11-23-24-19(26)17(25)12-5-2-1-3-6-12)18(15(22)10-14)29-20(27)16-7-4-8-28-16/h1-11,17,25H,(H,24,26)/b23-11-/t17-/m1/s1. The fourth-order valence-electron chi connectivity index (χ4n) is 2.33. The first-order valence-electron chi connectivity index (χ1n) is 8.26. The van der Waals surface area contributed by atoms with Crippen molar-refractivity contribution in [3.8, 4) is 5.75 Å². The van der Waals surface area contributed by atoms with E-state index >= 15 is 0 Å². The molecule has 3 rings (SSSR count). The van der Waals surface area contributed by atoms with Crippen LogP contribution < -0.4 is 10.2 Å². The van der Waals surface area contributed by atoms with Crippen molar-refractivity contribution in [1.82, 2.24) is 5.43 Å². The lowest BCUT2D eigenvalue weighted by Gasteiger charge is -2.10. The third kappa shape index (κ3) is 5.41. The number of esters is 1. The molecule has 148 valence electrons. The lowest BCUT2D eigenvalue weighted by atomic mass is 10.1. The summed E-state index contributed by atoms with van der Waals surface area (Å²) in [6, 6.07) is 14.9. The third-order valence-electron chi connectivity index (χ3n) is 3.70. The van der Waals surface area contributed by atoms with Crippen LogP contribution in [0.5, 0.6) is 5.75 Å². The highest BCUT2D eigenvalue weighted by molar-refractivity contribution is 9.11. The van der Waals surface area contributed by atoms with Crippen LogP contribution in [0, 0.1) is 0 Å². The molecule has 0 bridgehead atoms. The van der Waals surface area contributed by atoms with Gasteiger partial charge in [-0.1, -0.05) is 46.3 Å². The van der Waals surface area contributed by atoms with E-state index in [0.29, 0.717) is 20.1 Å². The Balaban J connectivity index is 1.75. The van der Waals surface area contributed by atoms with Crippen LogP contribution in [0.4, 0.5) is 0 Å². The molecule has 0 unspecified atom stereocenters. The van der Waals surface area contributed by atoms with E-state index < -0.39 is 18.0 Å².